The van der Waals surface area contributed by atoms with E-state index in [9.17, 15) is 36.3 Å². The number of carbonyl (C=O) groups is 3. The lowest BCUT2D eigenvalue weighted by Gasteiger charge is -2.14. The zero-order valence-electron chi connectivity index (χ0n) is 41.3. The van der Waals surface area contributed by atoms with Gasteiger partial charge in [0.1, 0.15) is 0 Å². The first kappa shape index (κ1) is 52.6. The van der Waals surface area contributed by atoms with Gasteiger partial charge in [-0.2, -0.15) is 0 Å². The Morgan fingerprint density at radius 3 is 1.35 bits per heavy atom. The minimum Gasteiger partial charge on any atom is -0.388 e. The molecule has 0 spiro atoms. The number of aliphatic hydroxyl groups excluding tert-OH is 1. The minimum atomic E-state index is -3.60. The van der Waals surface area contributed by atoms with Crippen LogP contribution in [0.15, 0.2) is 161 Å². The zero-order chi connectivity index (χ0) is 51.6. The van der Waals surface area contributed by atoms with E-state index in [1.54, 1.807) is 68.1 Å². The molecule has 0 saturated carbocycles. The molecule has 0 heterocycles. The Bertz CT molecular complexity index is 3480. The van der Waals surface area contributed by atoms with Gasteiger partial charge in [0.15, 0.2) is 17.3 Å². The highest BCUT2D eigenvalue weighted by Gasteiger charge is 2.32. The van der Waals surface area contributed by atoms with Gasteiger partial charge in [0.25, 0.3) is 0 Å². The fourth-order valence-corrected chi connectivity index (χ4v) is 16.0. The summed E-state index contributed by atoms with van der Waals surface area (Å²) in [5.74, 6) is 0.601. The Balaban J connectivity index is 0.000000131. The van der Waals surface area contributed by atoms with Crippen LogP contribution in [0.3, 0.4) is 0 Å². The number of aliphatic hydroxyl groups is 1. The molecule has 7 aromatic carbocycles. The van der Waals surface area contributed by atoms with Crippen LogP contribution in [0.25, 0.3) is 0 Å². The van der Waals surface area contributed by atoms with E-state index < -0.39 is 25.8 Å². The summed E-state index contributed by atoms with van der Waals surface area (Å²) in [6.07, 6.45) is 4.69. The van der Waals surface area contributed by atoms with E-state index in [-0.39, 0.29) is 16.5 Å². The van der Waals surface area contributed by atoms with Crippen molar-refractivity contribution in [1.82, 2.24) is 0 Å². The van der Waals surface area contributed by atoms with Crippen LogP contribution in [0.1, 0.15) is 124 Å². The molecule has 0 saturated heterocycles. The monoisotopic (exact) mass is 1080 g/mol. The molecule has 0 aromatic heterocycles. The van der Waals surface area contributed by atoms with E-state index in [0.717, 1.165) is 61.8 Å². The molecule has 0 fully saturated rings. The summed E-state index contributed by atoms with van der Waals surface area (Å²) in [5, 5.41) is 9.96. The van der Waals surface area contributed by atoms with Crippen LogP contribution in [0.4, 0.5) is 0 Å². The molecule has 0 amide bonds. The molecule has 8 nitrogen and oxygen atoms in total. The molecule has 1 N–H and O–H groups in total. The van der Waals surface area contributed by atoms with Gasteiger partial charge >= 0.3 is 0 Å². The van der Waals surface area contributed by atoms with Gasteiger partial charge < -0.3 is 5.11 Å². The summed E-state index contributed by atoms with van der Waals surface area (Å²) < 4.78 is 53.3. The van der Waals surface area contributed by atoms with Crippen molar-refractivity contribution < 1.29 is 36.3 Å². The largest absolute Gasteiger partial charge is 0.388 e. The van der Waals surface area contributed by atoms with Gasteiger partial charge in [-0.05, 0) is 159 Å². The molecule has 0 aliphatic heterocycles. The van der Waals surface area contributed by atoms with E-state index in [1.165, 1.54) is 32.0 Å². The first-order chi connectivity index (χ1) is 34.3. The topological polar surface area (TPSA) is 140 Å². The van der Waals surface area contributed by atoms with Crippen LogP contribution in [0.2, 0.25) is 0 Å². The van der Waals surface area contributed by atoms with Crippen molar-refractivity contribution in [2.24, 2.45) is 0 Å². The molecular formula is C60H57BrO8S3. The van der Waals surface area contributed by atoms with Crippen molar-refractivity contribution in [1.29, 1.82) is 0 Å². The van der Waals surface area contributed by atoms with E-state index in [1.807, 2.05) is 74.5 Å². The fraction of sp³-hybridized carbons (Fsp3) is 0.250. The number of ketones is 3. The standard InChI is InChI=1S/C17H18O3S.C17H16O3S.C17H16OS.C9H7BrO/c2*1-11-5-3-6-12(2)17(11)21(19,20)16-8-4-7-13-14(16)9-10-15(13)18;1-11-5-3-6-12(2)17(11)19-16-8-4-7-13-14(16)9-10-15(13)18;10-8-3-1-2-7-6(8)4-5-9(7)11/h3-8,15,18H,9-10H2,1-2H3;3-8H,9-10H2,1-2H3;3-8H,9-10H2,1-2H3;1-3H,4-5H2/t15-;;;/m0.../s1. The lowest BCUT2D eigenvalue weighted by Crippen LogP contribution is -2.09. The lowest BCUT2D eigenvalue weighted by atomic mass is 10.1. The van der Waals surface area contributed by atoms with E-state index >= 15 is 0 Å². The molecule has 0 radical (unpaired) electrons. The summed E-state index contributed by atoms with van der Waals surface area (Å²) in [6.45, 7) is 11.5. The number of hydrogen-bond acceptors (Lipinski definition) is 9. The number of hydrogen-bond donors (Lipinski definition) is 1. The number of sulfone groups is 2. The normalized spacial score (nSPS) is 15.3. The van der Waals surface area contributed by atoms with Crippen molar-refractivity contribution in [3.05, 3.63) is 210 Å². The molecule has 12 heteroatoms. The Hall–Kier alpha value is -5.76. The first-order valence-electron chi connectivity index (χ1n) is 24.1. The third-order valence-corrected chi connectivity index (χ3v) is 20.3. The summed E-state index contributed by atoms with van der Waals surface area (Å²) in [6, 6.07) is 39.4. The zero-order valence-corrected chi connectivity index (χ0v) is 45.3. The highest BCUT2D eigenvalue weighted by molar-refractivity contribution is 9.10. The third-order valence-electron chi connectivity index (χ3n) is 13.8. The minimum absolute atomic E-state index is 0.0311. The van der Waals surface area contributed by atoms with Crippen molar-refractivity contribution in [2.45, 2.75) is 128 Å². The highest BCUT2D eigenvalue weighted by atomic mass is 79.9. The number of aryl methyl sites for hydroxylation is 6. The Labute approximate surface area is 436 Å². The van der Waals surface area contributed by atoms with Gasteiger partial charge in [-0.3, -0.25) is 14.4 Å². The summed E-state index contributed by atoms with van der Waals surface area (Å²) in [4.78, 5) is 38.7. The van der Waals surface area contributed by atoms with Gasteiger partial charge in [0, 0.05) is 50.2 Å². The van der Waals surface area contributed by atoms with Crippen LogP contribution in [0, 0.1) is 41.5 Å². The fourth-order valence-electron chi connectivity index (χ4n) is 10.3. The number of fused-ring (bicyclic) bond motifs is 4. The maximum atomic E-state index is 13.1. The van der Waals surface area contributed by atoms with Crippen molar-refractivity contribution in [3.8, 4) is 0 Å². The molecule has 370 valence electrons. The van der Waals surface area contributed by atoms with Gasteiger partial charge in [0.05, 0.1) is 25.7 Å². The second kappa shape index (κ2) is 21.8. The molecule has 11 rings (SSSR count). The van der Waals surface area contributed by atoms with E-state index in [4.69, 9.17) is 0 Å². The molecule has 4 aliphatic rings. The van der Waals surface area contributed by atoms with E-state index in [2.05, 4.69) is 54.0 Å². The molecular weight excluding hydrogens is 1020 g/mol. The molecule has 7 aromatic rings. The number of carbonyl (C=O) groups excluding carboxylic acids is 3. The maximum absolute atomic E-state index is 13.1. The van der Waals surface area contributed by atoms with Gasteiger partial charge in [0.2, 0.25) is 19.7 Å². The average Bonchev–Trinajstić information content (AvgIpc) is 4.14. The maximum Gasteiger partial charge on any atom is 0.207 e. The summed E-state index contributed by atoms with van der Waals surface area (Å²) in [7, 11) is -7.16. The van der Waals surface area contributed by atoms with Crippen LogP contribution < -0.4 is 0 Å². The summed E-state index contributed by atoms with van der Waals surface area (Å²) in [5.41, 5.74) is 12.6. The Morgan fingerprint density at radius 2 is 0.833 bits per heavy atom. The third kappa shape index (κ3) is 10.5. The predicted molar refractivity (Wildman–Crippen MR) is 287 cm³/mol. The van der Waals surface area contributed by atoms with Crippen LogP contribution in [-0.2, 0) is 45.4 Å². The molecule has 4 aliphatic carbocycles. The van der Waals surface area contributed by atoms with Gasteiger partial charge in [-0.15, -0.1) is 0 Å². The highest BCUT2D eigenvalue weighted by Crippen LogP contribution is 2.40. The Kier molecular flexibility index (Phi) is 15.9. The second-order valence-corrected chi connectivity index (χ2v) is 24.4. The number of halogens is 1. The van der Waals surface area contributed by atoms with Gasteiger partial charge in [-0.25, -0.2) is 16.8 Å². The quantitative estimate of drug-likeness (QED) is 0.172. The second-order valence-electron chi connectivity index (χ2n) is 18.8. The van der Waals surface area contributed by atoms with Crippen LogP contribution >= 0.6 is 27.7 Å². The smallest absolute Gasteiger partial charge is 0.207 e. The van der Waals surface area contributed by atoms with Crippen molar-refractivity contribution >= 4 is 64.7 Å². The predicted octanol–water partition coefficient (Wildman–Crippen LogP) is 13.5. The van der Waals surface area contributed by atoms with E-state index in [0.29, 0.717) is 70.1 Å². The summed E-state index contributed by atoms with van der Waals surface area (Å²) >= 11 is 5.22. The average molecular weight is 1080 g/mol. The van der Waals surface area contributed by atoms with Crippen LogP contribution in [0.5, 0.6) is 0 Å². The van der Waals surface area contributed by atoms with Crippen LogP contribution in [-0.4, -0.2) is 39.3 Å². The lowest BCUT2D eigenvalue weighted by molar-refractivity contribution is 0.0986. The number of rotatable bonds is 6. The molecule has 72 heavy (non-hydrogen) atoms. The number of benzene rings is 7. The first-order valence-corrected chi connectivity index (χ1v) is 28.7. The van der Waals surface area contributed by atoms with Gasteiger partial charge in [-0.1, -0.05) is 131 Å². The molecule has 0 unspecified atom stereocenters. The number of Topliss-reactive ketones (excluding diaryl/α,β-unsaturated/α-hetero) is 3. The Morgan fingerprint density at radius 1 is 0.444 bits per heavy atom. The molecule has 1 atom stereocenters. The SMILES string of the molecule is Cc1cccc(C)c1S(=O)(=O)c1cccc2c1CCC2=O.Cc1cccc(C)c1S(=O)(=O)c1cccc2c1CC[C@@H]2O.Cc1cccc(C)c1Sc1cccc2c1CCC2=O.O=C1CCc2c(Br)cccc21. The van der Waals surface area contributed by atoms with Crippen molar-refractivity contribution in [3.63, 3.8) is 0 Å². The molecule has 0 bridgehead atoms. The van der Waals surface area contributed by atoms with Crippen molar-refractivity contribution in [2.75, 3.05) is 0 Å².